The molecule has 2 rings (SSSR count). The molecule has 19 heavy (non-hydrogen) atoms. The van der Waals surface area contributed by atoms with Crippen LogP contribution in [0.5, 0.6) is 0 Å². The summed E-state index contributed by atoms with van der Waals surface area (Å²) in [6.07, 6.45) is 0.876. The predicted octanol–water partition coefficient (Wildman–Crippen LogP) is -1.44. The monoisotopic (exact) mass is 275 g/mol. The summed E-state index contributed by atoms with van der Waals surface area (Å²) in [6, 6.07) is 7.08. The minimum Gasteiger partial charge on any atom is -0.391 e. The van der Waals surface area contributed by atoms with Crippen LogP contribution in [0, 0.1) is 0 Å². The maximum atomic E-state index is 12.6. The number of aliphatic hydroxyl groups is 1. The van der Waals surface area contributed by atoms with E-state index < -0.39 is 11.0 Å². The van der Waals surface area contributed by atoms with Crippen molar-refractivity contribution >= 4 is 40.9 Å². The normalized spacial score (nSPS) is 34.2. The number of hydrogen-bond donors (Lipinski definition) is 2. The molecule has 1 fully saturated rings. The van der Waals surface area contributed by atoms with Crippen molar-refractivity contribution in [2.24, 2.45) is 5.73 Å². The highest BCUT2D eigenvalue weighted by Gasteiger charge is 2.54. The van der Waals surface area contributed by atoms with Gasteiger partial charge in [0, 0.05) is 5.02 Å². The molecule has 0 bridgehead atoms. The zero-order chi connectivity index (χ0) is 14.5. The summed E-state index contributed by atoms with van der Waals surface area (Å²) in [5, 5.41) is 10.6. The second-order valence-electron chi connectivity index (χ2n) is 6.57. The van der Waals surface area contributed by atoms with Crippen LogP contribution in [0.1, 0.15) is 18.4 Å². The summed E-state index contributed by atoms with van der Waals surface area (Å²) in [4.78, 5) is 12.6. The molecule has 0 aromatic heterocycles. The van der Waals surface area contributed by atoms with Crippen LogP contribution < -0.4 is 5.73 Å². The van der Waals surface area contributed by atoms with Crippen LogP contribution in [0.25, 0.3) is 0 Å². The van der Waals surface area contributed by atoms with Crippen LogP contribution in [0.2, 0.25) is 10.2 Å². The molecule has 2 atom stereocenters. The van der Waals surface area contributed by atoms with E-state index in [1.54, 1.807) is 24.3 Å². The largest absolute Gasteiger partial charge is 0.391 e. The van der Waals surface area contributed by atoms with Gasteiger partial charge in [0.1, 0.15) is 5.54 Å². The Morgan fingerprint density at radius 1 is 1.21 bits per heavy atom. The van der Waals surface area contributed by atoms with Crippen LogP contribution >= 0.6 is 11.6 Å². The predicted molar refractivity (Wildman–Crippen MR) is 84.8 cm³/mol. The molecule has 1 aliphatic carbocycles. The molecule has 0 radical (unpaired) electrons. The Labute approximate surface area is 121 Å². The minimum atomic E-state index is -1.42. The van der Waals surface area contributed by atoms with E-state index in [2.05, 4.69) is 0 Å². The lowest BCUT2D eigenvalue weighted by Gasteiger charge is -2.48. The van der Waals surface area contributed by atoms with E-state index in [0.717, 1.165) is 0 Å². The van der Waals surface area contributed by atoms with E-state index in [1.807, 2.05) is 15.7 Å². The molecular weight excluding hydrogens is 258 g/mol. The molecule has 7 heteroatoms. The Bertz CT molecular complexity index is 535. The van der Waals surface area contributed by atoms with Crippen molar-refractivity contribution in [3.05, 3.63) is 34.9 Å². The third-order valence-corrected chi connectivity index (χ3v) is 4.16. The third kappa shape index (κ3) is 2.49. The van der Waals surface area contributed by atoms with Gasteiger partial charge in [-0.1, -0.05) is 35.0 Å². The fourth-order valence-electron chi connectivity index (χ4n) is 3.43. The number of Topliss-reactive ketones (excluding diaryl/α,β-unsaturated/α-hetero) is 1. The second-order valence-corrected chi connectivity index (χ2v) is 6.98. The number of ketones is 1. The Morgan fingerprint density at radius 3 is 2.37 bits per heavy atom. The van der Waals surface area contributed by atoms with Crippen molar-refractivity contribution in [1.29, 1.82) is 0 Å². The summed E-state index contributed by atoms with van der Waals surface area (Å²) < 4.78 is 0. The molecule has 98 valence electrons. The average molecular weight is 275 g/mol. The first-order valence-corrected chi connectivity index (χ1v) is 6.77. The van der Waals surface area contributed by atoms with Gasteiger partial charge in [-0.3, -0.25) is 4.79 Å². The van der Waals surface area contributed by atoms with Gasteiger partial charge in [0.05, 0.1) is 21.2 Å². The van der Waals surface area contributed by atoms with Gasteiger partial charge >= 0.3 is 0 Å². The second kappa shape index (κ2) is 4.40. The van der Waals surface area contributed by atoms with E-state index in [-0.39, 0.29) is 11.0 Å². The third-order valence-electron chi connectivity index (χ3n) is 3.83. The smallest absolute Gasteiger partial charge is 0.179 e. The van der Waals surface area contributed by atoms with Crippen molar-refractivity contribution in [1.82, 2.24) is 0 Å². The van der Waals surface area contributed by atoms with Crippen LogP contribution in [-0.4, -0.2) is 39.9 Å². The minimum absolute atomic E-state index is 0.231. The van der Waals surface area contributed by atoms with Crippen molar-refractivity contribution in [2.75, 3.05) is 0 Å². The van der Waals surface area contributed by atoms with Gasteiger partial charge in [0.2, 0.25) is 0 Å². The number of nitrogens with two attached hydrogens (primary N) is 1. The van der Waals surface area contributed by atoms with Gasteiger partial charge in [-0.2, -0.15) is 0 Å². The maximum Gasteiger partial charge on any atom is 0.179 e. The molecule has 1 aromatic carbocycles. The molecule has 0 spiro atoms. The topological polar surface area (TPSA) is 63.3 Å². The van der Waals surface area contributed by atoms with Crippen LogP contribution in [0.15, 0.2) is 24.3 Å². The van der Waals surface area contributed by atoms with Crippen molar-refractivity contribution in [2.45, 2.75) is 29.1 Å². The lowest BCUT2D eigenvalue weighted by molar-refractivity contribution is -0.140. The van der Waals surface area contributed by atoms with E-state index >= 15 is 0 Å². The van der Waals surface area contributed by atoms with Crippen LogP contribution in [0.3, 0.4) is 0 Å². The molecule has 0 amide bonds. The number of carbonyl (C=O) groups excluding carboxylic acids is 1. The van der Waals surface area contributed by atoms with Gasteiger partial charge in [-0.25, -0.2) is 0 Å². The number of rotatable bonds is 1. The molecule has 0 aliphatic heterocycles. The number of hydrogen-bond acceptors (Lipinski definition) is 3. The summed E-state index contributed by atoms with van der Waals surface area (Å²) >= 11 is 6.18. The summed E-state index contributed by atoms with van der Waals surface area (Å²) in [6.45, 7) is 0. The van der Waals surface area contributed by atoms with Crippen LogP contribution in [0.4, 0.5) is 0 Å². The molecule has 1 saturated carbocycles. The van der Waals surface area contributed by atoms with E-state index in [0.29, 0.717) is 23.4 Å². The van der Waals surface area contributed by atoms with E-state index in [4.69, 9.17) is 17.3 Å². The van der Waals surface area contributed by atoms with Gasteiger partial charge in [0.25, 0.3) is 0 Å². The van der Waals surface area contributed by atoms with Crippen molar-refractivity contribution in [3.63, 3.8) is 0 Å². The lowest BCUT2D eigenvalue weighted by Crippen LogP contribution is -2.63. The Kier molecular flexibility index (Phi) is 3.41. The molecule has 1 aromatic rings. The first-order valence-electron chi connectivity index (χ1n) is 6.40. The zero-order valence-corrected chi connectivity index (χ0v) is 12.3. The molecule has 0 saturated heterocycles. The average Bonchev–Trinajstić information content (AvgIpc) is 2.24. The molecule has 1 aliphatic rings. The number of halogens is 1. The quantitative estimate of drug-likeness (QED) is 0.617. The molecule has 3 N–H and O–H groups in total. The zero-order valence-electron chi connectivity index (χ0n) is 11.5. The molecular formula is C12H17B3ClNO2. The fourth-order valence-corrected chi connectivity index (χ4v) is 3.74. The summed E-state index contributed by atoms with van der Waals surface area (Å²) in [5.41, 5.74) is 4.32. The maximum absolute atomic E-state index is 12.6. The number of benzene rings is 1. The molecule has 2 unspecified atom stereocenters. The van der Waals surface area contributed by atoms with Gasteiger partial charge < -0.3 is 10.8 Å². The Morgan fingerprint density at radius 2 is 1.79 bits per heavy atom. The van der Waals surface area contributed by atoms with Gasteiger partial charge in [-0.05, 0) is 24.5 Å². The highest BCUT2D eigenvalue weighted by atomic mass is 35.5. The first kappa shape index (κ1) is 14.7. The summed E-state index contributed by atoms with van der Waals surface area (Å²) in [5.74, 6) is -0.354. The Hall–Kier alpha value is -0.705. The SMILES string of the molecule is BC1(B)CC(B)(O)C(=O)C(N)(c2ccccc2Cl)C1. The highest BCUT2D eigenvalue weighted by molar-refractivity contribution is 6.42. The van der Waals surface area contributed by atoms with Crippen molar-refractivity contribution < 1.29 is 9.90 Å². The van der Waals surface area contributed by atoms with Gasteiger partial charge in [0.15, 0.2) is 13.6 Å². The standard InChI is InChI=1S/C12H17B3ClNO2/c13-10(14)5-11(17,9(18)12(15,19)6-10)7-3-1-2-4-8(7)16/h1-4,19H,5-6,13-15,17H2. The Balaban J connectivity index is 2.58. The lowest BCUT2D eigenvalue weighted by atomic mass is 9.40. The summed E-state index contributed by atoms with van der Waals surface area (Å²) in [7, 11) is 5.55. The molecule has 0 heterocycles. The first-order chi connectivity index (χ1) is 8.58. The van der Waals surface area contributed by atoms with E-state index in [1.165, 1.54) is 7.85 Å². The number of carbonyl (C=O) groups is 1. The van der Waals surface area contributed by atoms with Crippen molar-refractivity contribution in [3.8, 4) is 0 Å². The van der Waals surface area contributed by atoms with Crippen LogP contribution in [-0.2, 0) is 10.3 Å². The highest BCUT2D eigenvalue weighted by Crippen LogP contribution is 2.48. The fraction of sp³-hybridized carbons (Fsp3) is 0.417. The van der Waals surface area contributed by atoms with E-state index in [9.17, 15) is 9.90 Å². The molecule has 3 nitrogen and oxygen atoms in total. The van der Waals surface area contributed by atoms with Gasteiger partial charge in [-0.15, -0.1) is 0 Å².